The maximum Gasteiger partial charge on any atom is 0.335 e. The van der Waals surface area contributed by atoms with Gasteiger partial charge in [0.2, 0.25) is 0 Å². The summed E-state index contributed by atoms with van der Waals surface area (Å²) >= 11 is 0. The van der Waals surface area contributed by atoms with Gasteiger partial charge < -0.3 is 19.1 Å². The second-order valence-electron chi connectivity index (χ2n) is 7.93. The maximum absolute atomic E-state index is 11.0. The molecule has 0 unspecified atom stereocenters. The molecule has 0 saturated carbocycles. The second kappa shape index (κ2) is 10.1. The van der Waals surface area contributed by atoms with Gasteiger partial charge >= 0.3 is 5.97 Å². The summed E-state index contributed by atoms with van der Waals surface area (Å²) in [7, 11) is 1.59. The number of aliphatic imine (C=N–C) groups is 1. The molecular weight excluding hydrogens is 428 g/mol. The quantitative estimate of drug-likeness (QED) is 0.325. The number of hydrogen-bond donors (Lipinski definition) is 1. The first kappa shape index (κ1) is 22.9. The lowest BCUT2D eigenvalue weighted by Crippen LogP contribution is -2.00. The van der Waals surface area contributed by atoms with E-state index in [4.69, 9.17) is 14.6 Å². The monoisotopic (exact) mass is 454 g/mol. The molecule has 0 amide bonds. The highest BCUT2D eigenvalue weighted by molar-refractivity contribution is 5.87. The number of aromatic nitrogens is 1. The Morgan fingerprint density at radius 3 is 2.21 bits per heavy atom. The predicted molar refractivity (Wildman–Crippen MR) is 133 cm³/mol. The van der Waals surface area contributed by atoms with Crippen LogP contribution in [0.5, 0.6) is 11.5 Å². The van der Waals surface area contributed by atoms with Crippen LogP contribution in [0, 0.1) is 13.8 Å². The van der Waals surface area contributed by atoms with E-state index in [0.29, 0.717) is 18.1 Å². The Labute approximate surface area is 198 Å². The Balaban J connectivity index is 1.43. The van der Waals surface area contributed by atoms with Crippen LogP contribution < -0.4 is 9.47 Å². The number of carbonyl (C=O) groups is 1. The van der Waals surface area contributed by atoms with Gasteiger partial charge in [-0.05, 0) is 91.7 Å². The Hall–Kier alpha value is -4.32. The van der Waals surface area contributed by atoms with Gasteiger partial charge in [-0.2, -0.15) is 0 Å². The summed E-state index contributed by atoms with van der Waals surface area (Å²) < 4.78 is 13.6. The molecule has 1 heterocycles. The minimum atomic E-state index is -0.951. The summed E-state index contributed by atoms with van der Waals surface area (Å²) in [5, 5.41) is 9.01. The molecule has 0 fully saturated rings. The van der Waals surface area contributed by atoms with Crippen LogP contribution >= 0.6 is 0 Å². The Bertz CT molecular complexity index is 1300. The summed E-state index contributed by atoms with van der Waals surface area (Å²) in [4.78, 5) is 15.6. The molecular formula is C28H26N2O4. The van der Waals surface area contributed by atoms with Gasteiger partial charge in [-0.15, -0.1) is 0 Å². The van der Waals surface area contributed by atoms with E-state index in [1.807, 2.05) is 30.3 Å². The van der Waals surface area contributed by atoms with Crippen molar-refractivity contribution in [1.82, 2.24) is 4.57 Å². The molecule has 3 aromatic carbocycles. The van der Waals surface area contributed by atoms with Crippen molar-refractivity contribution in [3.8, 4) is 17.2 Å². The van der Waals surface area contributed by atoms with Gasteiger partial charge in [-0.3, -0.25) is 4.99 Å². The molecule has 0 bridgehead atoms. The number of nitrogens with zero attached hydrogens (tertiary/aromatic N) is 2. The van der Waals surface area contributed by atoms with E-state index in [1.165, 1.54) is 11.4 Å². The fourth-order valence-corrected chi connectivity index (χ4v) is 3.70. The van der Waals surface area contributed by atoms with Crippen molar-refractivity contribution < 1.29 is 19.4 Å². The van der Waals surface area contributed by atoms with Gasteiger partial charge in [0.15, 0.2) is 11.5 Å². The third kappa shape index (κ3) is 5.18. The van der Waals surface area contributed by atoms with Crippen LogP contribution in [0.2, 0.25) is 0 Å². The SMILES string of the molecule is COc1cc(C=Nc2ccc(-n3c(C)ccc3C)cc2)ccc1OCc1ccc(C(=O)O)cc1. The van der Waals surface area contributed by atoms with Gasteiger partial charge in [0, 0.05) is 23.3 Å². The van der Waals surface area contributed by atoms with Gasteiger partial charge in [0.1, 0.15) is 6.61 Å². The Morgan fingerprint density at radius 2 is 1.59 bits per heavy atom. The zero-order valence-electron chi connectivity index (χ0n) is 19.4. The van der Waals surface area contributed by atoms with E-state index in [-0.39, 0.29) is 5.56 Å². The molecule has 0 aliphatic rings. The normalized spacial score (nSPS) is 11.0. The third-order valence-electron chi connectivity index (χ3n) is 5.52. The minimum absolute atomic E-state index is 0.245. The first-order chi connectivity index (χ1) is 16.4. The number of aryl methyl sites for hydroxylation is 2. The number of methoxy groups -OCH3 is 1. The van der Waals surface area contributed by atoms with E-state index >= 15 is 0 Å². The van der Waals surface area contributed by atoms with Crippen LogP contribution in [0.15, 0.2) is 83.9 Å². The zero-order chi connectivity index (χ0) is 24.1. The molecule has 1 aromatic heterocycles. The zero-order valence-corrected chi connectivity index (χ0v) is 19.4. The first-order valence-electron chi connectivity index (χ1n) is 10.9. The highest BCUT2D eigenvalue weighted by atomic mass is 16.5. The first-order valence-corrected chi connectivity index (χ1v) is 10.9. The molecule has 34 heavy (non-hydrogen) atoms. The highest BCUT2D eigenvalue weighted by Crippen LogP contribution is 2.29. The average Bonchev–Trinajstić information content (AvgIpc) is 3.19. The van der Waals surface area contributed by atoms with Gasteiger partial charge in [0.25, 0.3) is 0 Å². The molecule has 0 aliphatic carbocycles. The lowest BCUT2D eigenvalue weighted by Gasteiger charge is -2.11. The van der Waals surface area contributed by atoms with Crippen LogP contribution in [-0.4, -0.2) is 29.0 Å². The van der Waals surface area contributed by atoms with Gasteiger partial charge in [-0.1, -0.05) is 12.1 Å². The predicted octanol–water partition coefficient (Wildman–Crippen LogP) is 6.13. The summed E-state index contributed by atoms with van der Waals surface area (Å²) in [6.45, 7) is 4.49. The van der Waals surface area contributed by atoms with Crippen LogP contribution in [0.3, 0.4) is 0 Å². The van der Waals surface area contributed by atoms with Crippen LogP contribution in [0.25, 0.3) is 5.69 Å². The standard InChI is InChI=1S/C28H26N2O4/c1-19-4-5-20(2)30(19)25-13-11-24(12-14-25)29-17-22-8-15-26(27(16-22)33-3)34-18-21-6-9-23(10-7-21)28(31)32/h4-17H,18H2,1-3H3,(H,31,32). The molecule has 4 rings (SSSR count). The molecule has 0 radical (unpaired) electrons. The molecule has 0 atom stereocenters. The van der Waals surface area contributed by atoms with Crippen LogP contribution in [0.1, 0.15) is 32.9 Å². The van der Waals surface area contributed by atoms with Crippen LogP contribution in [-0.2, 0) is 6.61 Å². The fourth-order valence-electron chi connectivity index (χ4n) is 3.70. The second-order valence-corrected chi connectivity index (χ2v) is 7.93. The number of rotatable bonds is 8. The molecule has 1 N–H and O–H groups in total. The fraction of sp³-hybridized carbons (Fsp3) is 0.143. The molecule has 0 saturated heterocycles. The number of carboxylic acids is 1. The molecule has 6 heteroatoms. The number of benzene rings is 3. The lowest BCUT2D eigenvalue weighted by molar-refractivity contribution is 0.0697. The summed E-state index contributed by atoms with van der Waals surface area (Å²) in [5.41, 5.74) is 6.35. The molecule has 6 nitrogen and oxygen atoms in total. The Morgan fingerprint density at radius 1 is 0.912 bits per heavy atom. The van der Waals surface area contributed by atoms with E-state index < -0.39 is 5.97 Å². The minimum Gasteiger partial charge on any atom is -0.493 e. The average molecular weight is 455 g/mol. The number of hydrogen-bond acceptors (Lipinski definition) is 4. The van der Waals surface area contributed by atoms with Gasteiger partial charge in [0.05, 0.1) is 18.4 Å². The Kier molecular flexibility index (Phi) is 6.78. The van der Waals surface area contributed by atoms with Crippen molar-refractivity contribution in [1.29, 1.82) is 0 Å². The smallest absolute Gasteiger partial charge is 0.335 e. The van der Waals surface area contributed by atoms with Crippen LogP contribution in [0.4, 0.5) is 5.69 Å². The van der Waals surface area contributed by atoms with Gasteiger partial charge in [-0.25, -0.2) is 4.79 Å². The number of ether oxygens (including phenoxy) is 2. The van der Waals surface area contributed by atoms with E-state index in [1.54, 1.807) is 37.6 Å². The summed E-state index contributed by atoms with van der Waals surface area (Å²) in [6, 6.07) is 24.5. The topological polar surface area (TPSA) is 73.0 Å². The maximum atomic E-state index is 11.0. The number of aromatic carboxylic acids is 1. The van der Waals surface area contributed by atoms with Crippen molar-refractivity contribution in [2.24, 2.45) is 4.99 Å². The van der Waals surface area contributed by atoms with E-state index in [9.17, 15) is 4.79 Å². The molecule has 0 spiro atoms. The van der Waals surface area contributed by atoms with E-state index in [2.05, 4.69) is 47.7 Å². The largest absolute Gasteiger partial charge is 0.493 e. The van der Waals surface area contributed by atoms with Crippen molar-refractivity contribution >= 4 is 17.9 Å². The highest BCUT2D eigenvalue weighted by Gasteiger charge is 2.07. The molecule has 172 valence electrons. The molecule has 4 aromatic rings. The third-order valence-corrected chi connectivity index (χ3v) is 5.52. The number of carboxylic acid groups (broad SMARTS) is 1. The summed E-state index contributed by atoms with van der Waals surface area (Å²) in [5.74, 6) is 0.247. The lowest BCUT2D eigenvalue weighted by atomic mass is 10.1. The van der Waals surface area contributed by atoms with Crippen molar-refractivity contribution in [2.45, 2.75) is 20.5 Å². The summed E-state index contributed by atoms with van der Waals surface area (Å²) in [6.07, 6.45) is 1.79. The van der Waals surface area contributed by atoms with E-state index in [0.717, 1.165) is 22.5 Å². The van der Waals surface area contributed by atoms with Crippen molar-refractivity contribution in [3.05, 3.63) is 107 Å². The van der Waals surface area contributed by atoms with Crippen molar-refractivity contribution in [2.75, 3.05) is 7.11 Å². The van der Waals surface area contributed by atoms with Crippen molar-refractivity contribution in [3.63, 3.8) is 0 Å². The molecule has 0 aliphatic heterocycles.